The summed E-state index contributed by atoms with van der Waals surface area (Å²) in [6, 6.07) is 25.4. The lowest BCUT2D eigenvalue weighted by molar-refractivity contribution is -0.141. The summed E-state index contributed by atoms with van der Waals surface area (Å²) in [4.78, 5) is 29.0. The lowest BCUT2D eigenvalue weighted by atomic mass is 9.99. The van der Waals surface area contributed by atoms with Crippen molar-refractivity contribution < 1.29 is 9.59 Å². The molecule has 0 heterocycles. The van der Waals surface area contributed by atoms with Gasteiger partial charge in [-0.05, 0) is 51.3 Å². The van der Waals surface area contributed by atoms with Crippen LogP contribution in [0.2, 0.25) is 0 Å². The lowest BCUT2D eigenvalue weighted by Gasteiger charge is -2.34. The molecule has 34 heavy (non-hydrogen) atoms. The first-order valence-electron chi connectivity index (χ1n) is 11.9. The number of amides is 2. The van der Waals surface area contributed by atoms with E-state index in [1.165, 1.54) is 0 Å². The monoisotopic (exact) mass is 456 g/mol. The predicted molar refractivity (Wildman–Crippen MR) is 138 cm³/mol. The molecule has 2 amide bonds. The van der Waals surface area contributed by atoms with E-state index in [1.54, 1.807) is 4.90 Å². The first-order valence-corrected chi connectivity index (χ1v) is 11.9. The highest BCUT2D eigenvalue weighted by atomic mass is 16.2. The van der Waals surface area contributed by atoms with Crippen molar-refractivity contribution in [2.24, 2.45) is 0 Å². The quantitative estimate of drug-likeness (QED) is 0.493. The molecular weight excluding hydrogens is 420 g/mol. The van der Waals surface area contributed by atoms with E-state index in [1.807, 2.05) is 113 Å². The van der Waals surface area contributed by atoms with E-state index in [-0.39, 0.29) is 18.2 Å². The number of nitrogens with one attached hydrogen (secondary N) is 1. The molecule has 1 atom stereocenters. The molecule has 3 aromatic rings. The van der Waals surface area contributed by atoms with Crippen molar-refractivity contribution >= 4 is 11.8 Å². The van der Waals surface area contributed by atoms with Gasteiger partial charge in [-0.1, -0.05) is 90.0 Å². The number of benzene rings is 3. The summed E-state index contributed by atoms with van der Waals surface area (Å²) in [6.45, 7) is 10.3. The van der Waals surface area contributed by atoms with Crippen LogP contribution in [0.1, 0.15) is 48.6 Å². The van der Waals surface area contributed by atoms with E-state index in [2.05, 4.69) is 5.32 Å². The van der Waals surface area contributed by atoms with Crippen LogP contribution in [0.5, 0.6) is 0 Å². The third-order valence-corrected chi connectivity index (χ3v) is 5.72. The number of hydrogen-bond donors (Lipinski definition) is 1. The second-order valence-electron chi connectivity index (χ2n) is 10.1. The summed E-state index contributed by atoms with van der Waals surface area (Å²) in [5.74, 6) is -0.199. The first-order chi connectivity index (χ1) is 16.1. The van der Waals surface area contributed by atoms with Crippen LogP contribution in [-0.2, 0) is 29.0 Å². The number of nitrogens with zero attached hydrogens (tertiary/aromatic N) is 1. The maximum atomic E-state index is 13.7. The van der Waals surface area contributed by atoms with Gasteiger partial charge >= 0.3 is 0 Å². The second kappa shape index (κ2) is 11.1. The van der Waals surface area contributed by atoms with Gasteiger partial charge in [0.1, 0.15) is 6.04 Å². The molecule has 4 nitrogen and oxygen atoms in total. The molecule has 3 aromatic carbocycles. The molecule has 0 saturated carbocycles. The molecule has 1 N–H and O–H groups in total. The van der Waals surface area contributed by atoms with Gasteiger partial charge in [-0.2, -0.15) is 0 Å². The molecular formula is C30H36N2O2. The molecule has 0 saturated heterocycles. The predicted octanol–water partition coefficient (Wildman–Crippen LogP) is 5.40. The second-order valence-corrected chi connectivity index (χ2v) is 10.1. The topological polar surface area (TPSA) is 49.4 Å². The van der Waals surface area contributed by atoms with Crippen molar-refractivity contribution in [3.05, 3.63) is 107 Å². The largest absolute Gasteiger partial charge is 0.350 e. The third kappa shape index (κ3) is 7.58. The summed E-state index contributed by atoms with van der Waals surface area (Å²) in [7, 11) is 0. The molecule has 0 spiro atoms. The smallest absolute Gasteiger partial charge is 0.243 e. The minimum absolute atomic E-state index is 0.0607. The number of aryl methyl sites for hydroxylation is 2. The molecule has 0 aliphatic rings. The van der Waals surface area contributed by atoms with Crippen LogP contribution in [0.15, 0.2) is 78.9 Å². The Kier molecular flexibility index (Phi) is 8.27. The van der Waals surface area contributed by atoms with Crippen LogP contribution in [0.3, 0.4) is 0 Å². The molecule has 0 aliphatic carbocycles. The van der Waals surface area contributed by atoms with Crippen LogP contribution in [0, 0.1) is 13.8 Å². The zero-order valence-corrected chi connectivity index (χ0v) is 21.0. The number of carbonyl (C=O) groups excluding carboxylic acids is 2. The molecule has 0 fully saturated rings. The number of carbonyl (C=O) groups is 2. The summed E-state index contributed by atoms with van der Waals surface area (Å²) >= 11 is 0. The van der Waals surface area contributed by atoms with Crippen molar-refractivity contribution in [2.75, 3.05) is 0 Å². The highest BCUT2D eigenvalue weighted by molar-refractivity contribution is 5.89. The van der Waals surface area contributed by atoms with Gasteiger partial charge in [-0.15, -0.1) is 0 Å². The molecule has 178 valence electrons. The van der Waals surface area contributed by atoms with E-state index >= 15 is 0 Å². The number of hydrogen-bond acceptors (Lipinski definition) is 2. The van der Waals surface area contributed by atoms with Crippen LogP contribution in [-0.4, -0.2) is 28.3 Å². The minimum atomic E-state index is -0.624. The normalized spacial score (nSPS) is 12.1. The molecule has 0 bridgehead atoms. The summed E-state index contributed by atoms with van der Waals surface area (Å²) in [5.41, 5.74) is 4.88. The van der Waals surface area contributed by atoms with E-state index in [4.69, 9.17) is 0 Å². The van der Waals surface area contributed by atoms with Gasteiger partial charge in [0.2, 0.25) is 11.8 Å². The van der Waals surface area contributed by atoms with Gasteiger partial charge in [-0.25, -0.2) is 0 Å². The van der Waals surface area contributed by atoms with Gasteiger partial charge in [-0.3, -0.25) is 9.59 Å². The fourth-order valence-electron chi connectivity index (χ4n) is 3.88. The van der Waals surface area contributed by atoms with Crippen LogP contribution in [0.4, 0.5) is 0 Å². The van der Waals surface area contributed by atoms with E-state index in [0.29, 0.717) is 13.0 Å². The first kappa shape index (κ1) is 25.2. The van der Waals surface area contributed by atoms with Gasteiger partial charge in [0.05, 0.1) is 6.42 Å². The zero-order valence-electron chi connectivity index (χ0n) is 21.0. The number of rotatable bonds is 8. The lowest BCUT2D eigenvalue weighted by Crippen LogP contribution is -2.54. The Morgan fingerprint density at radius 3 is 1.82 bits per heavy atom. The van der Waals surface area contributed by atoms with Crippen molar-refractivity contribution in [3.8, 4) is 0 Å². The van der Waals surface area contributed by atoms with Gasteiger partial charge < -0.3 is 10.2 Å². The van der Waals surface area contributed by atoms with E-state index in [0.717, 1.165) is 27.8 Å². The summed E-state index contributed by atoms with van der Waals surface area (Å²) in [6.07, 6.45) is 0.703. The molecule has 4 heteroatoms. The fraction of sp³-hybridized carbons (Fsp3) is 0.333. The summed E-state index contributed by atoms with van der Waals surface area (Å²) < 4.78 is 0. The fourth-order valence-corrected chi connectivity index (χ4v) is 3.88. The Balaban J connectivity index is 1.97. The Bertz CT molecular complexity index is 1080. The molecule has 0 radical (unpaired) electrons. The van der Waals surface area contributed by atoms with Gasteiger partial charge in [0.15, 0.2) is 0 Å². The maximum absolute atomic E-state index is 13.7. The standard InChI is InChI=1S/C30H36N2O2/c1-22-11-15-25(16-12-22)20-28(33)32(21-26-17-13-23(2)14-18-26)27(29(34)31-30(3,4)5)19-24-9-7-6-8-10-24/h6-18,27H,19-21H2,1-5H3,(H,31,34). The molecule has 0 aliphatic heterocycles. The van der Waals surface area contributed by atoms with Crippen LogP contribution < -0.4 is 5.32 Å². The summed E-state index contributed by atoms with van der Waals surface area (Å²) in [5, 5.41) is 3.11. The Morgan fingerprint density at radius 2 is 1.29 bits per heavy atom. The van der Waals surface area contributed by atoms with Gasteiger partial charge in [0, 0.05) is 18.5 Å². The minimum Gasteiger partial charge on any atom is -0.350 e. The van der Waals surface area contributed by atoms with E-state index < -0.39 is 11.6 Å². The van der Waals surface area contributed by atoms with E-state index in [9.17, 15) is 9.59 Å². The van der Waals surface area contributed by atoms with Crippen LogP contribution in [0.25, 0.3) is 0 Å². The van der Waals surface area contributed by atoms with Crippen molar-refractivity contribution in [1.82, 2.24) is 10.2 Å². The van der Waals surface area contributed by atoms with Crippen LogP contribution >= 0.6 is 0 Å². The Labute approximate surface area is 204 Å². The average Bonchev–Trinajstić information content (AvgIpc) is 2.78. The SMILES string of the molecule is Cc1ccc(CC(=O)N(Cc2ccc(C)cc2)C(Cc2ccccc2)C(=O)NC(C)(C)C)cc1. The molecule has 0 aromatic heterocycles. The van der Waals surface area contributed by atoms with Crippen molar-refractivity contribution in [3.63, 3.8) is 0 Å². The average molecular weight is 457 g/mol. The Morgan fingerprint density at radius 1 is 0.765 bits per heavy atom. The third-order valence-electron chi connectivity index (χ3n) is 5.72. The zero-order chi connectivity index (χ0) is 24.7. The van der Waals surface area contributed by atoms with Gasteiger partial charge in [0.25, 0.3) is 0 Å². The molecule has 3 rings (SSSR count). The Hall–Kier alpha value is -3.40. The van der Waals surface area contributed by atoms with Crippen molar-refractivity contribution in [1.29, 1.82) is 0 Å². The highest BCUT2D eigenvalue weighted by Crippen LogP contribution is 2.18. The molecule has 1 unspecified atom stereocenters. The maximum Gasteiger partial charge on any atom is 0.243 e. The van der Waals surface area contributed by atoms with Crippen molar-refractivity contribution in [2.45, 2.75) is 65.6 Å². The highest BCUT2D eigenvalue weighted by Gasteiger charge is 2.32.